The molecule has 1 heterocycles. The van der Waals surface area contributed by atoms with Crippen LogP contribution in [0.25, 0.3) is 10.8 Å². The van der Waals surface area contributed by atoms with E-state index in [1.807, 2.05) is 30.3 Å². The molecule has 1 amide bonds. The Labute approximate surface area is 168 Å². The number of carboxylic acid groups (broad SMARTS) is 1. The number of H-pyrrole nitrogens is 1. The number of nitrogens with zero attached hydrogens (tertiary/aromatic N) is 1. The molecular weight excluding hydrogens is 370 g/mol. The molecule has 2 aromatic carbocycles. The predicted molar refractivity (Wildman–Crippen MR) is 110 cm³/mol. The molecule has 0 fully saturated rings. The highest BCUT2D eigenvalue weighted by molar-refractivity contribution is 6.08. The Balaban J connectivity index is 1.78. The SMILES string of the molecule is NCCC[C@H](NC(=O)c1ccc(CNCc2ncc[nH]2)c2ccccc12)C(=O)O. The molecule has 0 bridgehead atoms. The summed E-state index contributed by atoms with van der Waals surface area (Å²) in [6.07, 6.45) is 4.30. The molecule has 0 radical (unpaired) electrons. The van der Waals surface area contributed by atoms with E-state index >= 15 is 0 Å². The van der Waals surface area contributed by atoms with Crippen molar-refractivity contribution < 1.29 is 14.7 Å². The number of aliphatic carboxylic acids is 1. The van der Waals surface area contributed by atoms with Gasteiger partial charge in [0.25, 0.3) is 5.91 Å². The fourth-order valence-electron chi connectivity index (χ4n) is 3.24. The molecule has 3 aromatic rings. The number of fused-ring (bicyclic) bond motifs is 1. The molecule has 0 aliphatic rings. The van der Waals surface area contributed by atoms with Gasteiger partial charge in [0.05, 0.1) is 6.54 Å². The van der Waals surface area contributed by atoms with Crippen LogP contribution in [0.4, 0.5) is 0 Å². The van der Waals surface area contributed by atoms with Gasteiger partial charge in [-0.1, -0.05) is 30.3 Å². The van der Waals surface area contributed by atoms with E-state index in [9.17, 15) is 14.7 Å². The number of rotatable bonds is 10. The summed E-state index contributed by atoms with van der Waals surface area (Å²) in [5.74, 6) is -0.613. The minimum Gasteiger partial charge on any atom is -0.480 e. The lowest BCUT2D eigenvalue weighted by molar-refractivity contribution is -0.139. The molecule has 0 aliphatic carbocycles. The smallest absolute Gasteiger partial charge is 0.326 e. The van der Waals surface area contributed by atoms with Gasteiger partial charge in [0, 0.05) is 24.5 Å². The number of hydrogen-bond donors (Lipinski definition) is 5. The molecule has 0 spiro atoms. The topological polar surface area (TPSA) is 133 Å². The van der Waals surface area contributed by atoms with Crippen molar-refractivity contribution >= 4 is 22.6 Å². The second-order valence-corrected chi connectivity index (χ2v) is 6.75. The molecule has 152 valence electrons. The van der Waals surface area contributed by atoms with E-state index in [1.165, 1.54) is 0 Å². The summed E-state index contributed by atoms with van der Waals surface area (Å²) in [5, 5.41) is 17.0. The van der Waals surface area contributed by atoms with Gasteiger partial charge in [0.2, 0.25) is 0 Å². The van der Waals surface area contributed by atoms with Crippen LogP contribution in [0.5, 0.6) is 0 Å². The third-order valence-electron chi connectivity index (χ3n) is 4.72. The lowest BCUT2D eigenvalue weighted by Crippen LogP contribution is -2.41. The molecule has 8 heteroatoms. The van der Waals surface area contributed by atoms with Crippen molar-refractivity contribution in [3.05, 3.63) is 65.7 Å². The van der Waals surface area contributed by atoms with E-state index in [-0.39, 0.29) is 0 Å². The van der Waals surface area contributed by atoms with Gasteiger partial charge in [0.1, 0.15) is 11.9 Å². The average molecular weight is 395 g/mol. The van der Waals surface area contributed by atoms with Crippen LogP contribution in [-0.4, -0.2) is 39.5 Å². The zero-order valence-electron chi connectivity index (χ0n) is 16.0. The highest BCUT2D eigenvalue weighted by Gasteiger charge is 2.21. The lowest BCUT2D eigenvalue weighted by atomic mass is 9.98. The Morgan fingerprint density at radius 1 is 1.14 bits per heavy atom. The number of aromatic nitrogens is 2. The Morgan fingerprint density at radius 3 is 2.62 bits per heavy atom. The highest BCUT2D eigenvalue weighted by Crippen LogP contribution is 2.23. The Morgan fingerprint density at radius 2 is 1.93 bits per heavy atom. The Hall–Kier alpha value is -3.23. The van der Waals surface area contributed by atoms with Gasteiger partial charge in [-0.2, -0.15) is 0 Å². The van der Waals surface area contributed by atoms with E-state index in [4.69, 9.17) is 5.73 Å². The van der Waals surface area contributed by atoms with Crippen LogP contribution in [0.2, 0.25) is 0 Å². The summed E-state index contributed by atoms with van der Waals surface area (Å²) >= 11 is 0. The van der Waals surface area contributed by atoms with E-state index in [2.05, 4.69) is 20.6 Å². The van der Waals surface area contributed by atoms with Crippen molar-refractivity contribution in [2.45, 2.75) is 32.0 Å². The molecule has 29 heavy (non-hydrogen) atoms. The van der Waals surface area contributed by atoms with Gasteiger partial charge in [-0.3, -0.25) is 4.79 Å². The molecule has 6 N–H and O–H groups in total. The van der Waals surface area contributed by atoms with E-state index in [1.54, 1.807) is 18.5 Å². The molecule has 0 unspecified atom stereocenters. The van der Waals surface area contributed by atoms with E-state index < -0.39 is 17.9 Å². The Bertz CT molecular complexity index is 972. The minimum atomic E-state index is -1.06. The maximum Gasteiger partial charge on any atom is 0.326 e. The fourth-order valence-corrected chi connectivity index (χ4v) is 3.24. The van der Waals surface area contributed by atoms with E-state index in [0.717, 1.165) is 22.2 Å². The van der Waals surface area contributed by atoms with Gasteiger partial charge in [0.15, 0.2) is 0 Å². The summed E-state index contributed by atoms with van der Waals surface area (Å²) in [7, 11) is 0. The first-order chi connectivity index (χ1) is 14.1. The van der Waals surface area contributed by atoms with Crippen molar-refractivity contribution in [1.29, 1.82) is 0 Å². The fraction of sp³-hybridized carbons (Fsp3) is 0.286. The quantitative estimate of drug-likeness (QED) is 0.355. The van der Waals surface area contributed by atoms with E-state index in [0.29, 0.717) is 38.0 Å². The van der Waals surface area contributed by atoms with Gasteiger partial charge < -0.3 is 26.5 Å². The third kappa shape index (κ3) is 5.18. The molecule has 1 aromatic heterocycles. The van der Waals surface area contributed by atoms with Gasteiger partial charge in [-0.15, -0.1) is 0 Å². The average Bonchev–Trinajstić information content (AvgIpc) is 3.24. The number of carboxylic acids is 1. The van der Waals surface area contributed by atoms with Gasteiger partial charge in [-0.05, 0) is 41.8 Å². The maximum absolute atomic E-state index is 12.8. The summed E-state index contributed by atoms with van der Waals surface area (Å²) < 4.78 is 0. The lowest BCUT2D eigenvalue weighted by Gasteiger charge is -2.16. The largest absolute Gasteiger partial charge is 0.480 e. The molecule has 8 nitrogen and oxygen atoms in total. The van der Waals surface area contributed by atoms with Crippen molar-refractivity contribution in [2.75, 3.05) is 6.54 Å². The second kappa shape index (κ2) is 9.81. The van der Waals surface area contributed by atoms with Crippen molar-refractivity contribution in [1.82, 2.24) is 20.6 Å². The van der Waals surface area contributed by atoms with Crippen LogP contribution in [0.1, 0.15) is 34.6 Å². The van der Waals surface area contributed by atoms with Crippen molar-refractivity contribution in [2.24, 2.45) is 5.73 Å². The minimum absolute atomic E-state index is 0.296. The number of aromatic amines is 1. The number of nitrogens with one attached hydrogen (secondary N) is 3. The summed E-state index contributed by atoms with van der Waals surface area (Å²) in [6, 6.07) is 10.3. The van der Waals surface area contributed by atoms with Gasteiger partial charge >= 0.3 is 5.97 Å². The first kappa shape index (κ1) is 20.5. The number of benzene rings is 2. The highest BCUT2D eigenvalue weighted by atomic mass is 16.4. The summed E-state index contributed by atoms with van der Waals surface area (Å²) in [4.78, 5) is 31.4. The van der Waals surface area contributed by atoms with Crippen molar-refractivity contribution in [3.63, 3.8) is 0 Å². The van der Waals surface area contributed by atoms with Crippen LogP contribution in [-0.2, 0) is 17.9 Å². The second-order valence-electron chi connectivity index (χ2n) is 6.75. The summed E-state index contributed by atoms with van der Waals surface area (Å²) in [5.41, 5.74) is 6.96. The number of hydrogen-bond acceptors (Lipinski definition) is 5. The number of carbonyl (C=O) groups excluding carboxylic acids is 1. The molecular formula is C21H25N5O3. The van der Waals surface area contributed by atoms with Crippen LogP contribution in [0.3, 0.4) is 0 Å². The van der Waals surface area contributed by atoms with Crippen LogP contribution < -0.4 is 16.4 Å². The number of nitrogens with two attached hydrogens (primary N) is 1. The van der Waals surface area contributed by atoms with Crippen LogP contribution in [0.15, 0.2) is 48.8 Å². The number of carbonyl (C=O) groups is 2. The first-order valence-electron chi connectivity index (χ1n) is 9.53. The molecule has 0 saturated carbocycles. The number of imidazole rings is 1. The normalized spacial score (nSPS) is 12.0. The zero-order chi connectivity index (χ0) is 20.6. The van der Waals surface area contributed by atoms with Crippen LogP contribution >= 0.6 is 0 Å². The first-order valence-corrected chi connectivity index (χ1v) is 9.53. The molecule has 0 aliphatic heterocycles. The number of amides is 1. The predicted octanol–water partition coefficient (Wildman–Crippen LogP) is 1.77. The zero-order valence-corrected chi connectivity index (χ0v) is 16.0. The molecule has 0 saturated heterocycles. The Kier molecular flexibility index (Phi) is 6.94. The monoisotopic (exact) mass is 395 g/mol. The molecule has 1 atom stereocenters. The van der Waals surface area contributed by atoms with Crippen LogP contribution in [0, 0.1) is 0 Å². The molecule has 3 rings (SSSR count). The van der Waals surface area contributed by atoms with Crippen molar-refractivity contribution in [3.8, 4) is 0 Å². The third-order valence-corrected chi connectivity index (χ3v) is 4.72. The standard InChI is InChI=1S/C21H25N5O3/c22-9-3-6-18(21(28)29)26-20(27)17-8-7-14(15-4-1-2-5-16(15)17)12-23-13-19-24-10-11-25-19/h1-2,4-5,7-8,10-11,18,23H,3,6,9,12-13,22H2,(H,24,25)(H,26,27)(H,28,29)/t18-/m0/s1. The van der Waals surface area contributed by atoms with Gasteiger partial charge in [-0.25, -0.2) is 9.78 Å². The maximum atomic E-state index is 12.8. The summed E-state index contributed by atoms with van der Waals surface area (Å²) in [6.45, 7) is 1.59.